The number of aromatic nitrogens is 2. The van der Waals surface area contributed by atoms with E-state index in [1.165, 1.54) is 36.5 Å². The summed E-state index contributed by atoms with van der Waals surface area (Å²) in [4.78, 5) is 29.0. The van der Waals surface area contributed by atoms with E-state index < -0.39 is 22.2 Å². The zero-order chi connectivity index (χ0) is 27.6. The van der Waals surface area contributed by atoms with Crippen LogP contribution < -0.4 is 10.3 Å². The maximum Gasteiger partial charge on any atom is 0.416 e. The van der Waals surface area contributed by atoms with Crippen LogP contribution in [-0.4, -0.2) is 26.9 Å². The van der Waals surface area contributed by atoms with Gasteiger partial charge in [0.15, 0.2) is 5.82 Å². The third-order valence-electron chi connectivity index (χ3n) is 5.67. The van der Waals surface area contributed by atoms with Crippen LogP contribution in [0.25, 0.3) is 22.3 Å². The molecule has 4 rings (SSSR count). The first kappa shape index (κ1) is 27.0. The van der Waals surface area contributed by atoms with Crippen LogP contribution >= 0.6 is 15.9 Å². The topological polar surface area (TPSA) is 99.6 Å². The predicted octanol–water partition coefficient (Wildman–Crippen LogP) is 6.81. The van der Waals surface area contributed by atoms with Gasteiger partial charge in [0.1, 0.15) is 0 Å². The molecular weight excluding hydrogens is 569 g/mol. The van der Waals surface area contributed by atoms with Gasteiger partial charge in [0.05, 0.1) is 33.7 Å². The van der Waals surface area contributed by atoms with Crippen LogP contribution in [-0.2, 0) is 6.18 Å². The molecule has 1 aromatic heterocycles. The standard InChI is InChI=1S/C26H20BrF3N4O4/c1-3-15(2)38-23-17(12-19(27)13-22(23)34(36)37)14-31-33-24(16-7-6-8-18(11-16)26(28,29)30)32-21-10-5-4-9-20(21)25(33)35/h4-15H,3H2,1-2H3/t15-/m0/s1. The Bertz CT molecular complexity index is 1620. The van der Waals surface area contributed by atoms with Crippen molar-refractivity contribution in [2.24, 2.45) is 5.10 Å². The molecule has 0 fully saturated rings. The molecule has 0 spiro atoms. The molecule has 0 unspecified atom stereocenters. The maximum absolute atomic E-state index is 13.4. The summed E-state index contributed by atoms with van der Waals surface area (Å²) < 4.78 is 47.3. The molecule has 38 heavy (non-hydrogen) atoms. The van der Waals surface area contributed by atoms with Crippen molar-refractivity contribution in [3.05, 3.63) is 96.7 Å². The zero-order valence-electron chi connectivity index (χ0n) is 20.1. The third-order valence-corrected chi connectivity index (χ3v) is 6.13. The van der Waals surface area contributed by atoms with Gasteiger partial charge in [-0.05, 0) is 43.7 Å². The summed E-state index contributed by atoms with van der Waals surface area (Å²) in [5.41, 5.74) is -1.40. The van der Waals surface area contributed by atoms with E-state index >= 15 is 0 Å². The molecular formula is C26H20BrF3N4O4. The molecule has 0 saturated carbocycles. The van der Waals surface area contributed by atoms with Crippen LogP contribution in [0.3, 0.4) is 0 Å². The highest BCUT2D eigenvalue weighted by Crippen LogP contribution is 2.35. The second-order valence-corrected chi connectivity index (χ2v) is 9.25. The molecule has 12 heteroatoms. The van der Waals surface area contributed by atoms with Crippen LogP contribution in [0.2, 0.25) is 0 Å². The number of alkyl halides is 3. The minimum Gasteiger partial charge on any atom is -0.483 e. The summed E-state index contributed by atoms with van der Waals surface area (Å²) in [6, 6.07) is 13.6. The molecule has 0 saturated heterocycles. The van der Waals surface area contributed by atoms with Crippen molar-refractivity contribution in [3.63, 3.8) is 0 Å². The van der Waals surface area contributed by atoms with Gasteiger partial charge in [-0.1, -0.05) is 47.1 Å². The fraction of sp³-hybridized carbons (Fsp3) is 0.192. The van der Waals surface area contributed by atoms with Crippen LogP contribution in [0.1, 0.15) is 31.4 Å². The number of nitro benzene ring substituents is 1. The fourth-order valence-corrected chi connectivity index (χ4v) is 4.08. The van der Waals surface area contributed by atoms with E-state index in [9.17, 15) is 28.1 Å². The molecule has 0 aliphatic heterocycles. The highest BCUT2D eigenvalue weighted by atomic mass is 79.9. The van der Waals surface area contributed by atoms with Gasteiger partial charge in [-0.2, -0.15) is 22.9 Å². The average Bonchev–Trinajstić information content (AvgIpc) is 2.88. The van der Waals surface area contributed by atoms with Crippen molar-refractivity contribution in [2.45, 2.75) is 32.5 Å². The normalized spacial score (nSPS) is 12.7. The lowest BCUT2D eigenvalue weighted by atomic mass is 10.1. The number of hydrogen-bond acceptors (Lipinski definition) is 6. The highest BCUT2D eigenvalue weighted by Gasteiger charge is 2.31. The highest BCUT2D eigenvalue weighted by molar-refractivity contribution is 9.10. The molecule has 0 bridgehead atoms. The second kappa shape index (κ2) is 10.7. The summed E-state index contributed by atoms with van der Waals surface area (Å²) in [6.07, 6.45) is -3.23. The number of nitro groups is 1. The molecule has 0 aliphatic rings. The molecule has 3 aromatic carbocycles. The Morgan fingerprint density at radius 3 is 2.61 bits per heavy atom. The van der Waals surface area contributed by atoms with Crippen LogP contribution in [0.15, 0.2) is 75.0 Å². The molecule has 0 N–H and O–H groups in total. The summed E-state index contributed by atoms with van der Waals surface area (Å²) >= 11 is 3.24. The Balaban J connectivity index is 1.96. The summed E-state index contributed by atoms with van der Waals surface area (Å²) in [6.45, 7) is 3.60. The van der Waals surface area contributed by atoms with Gasteiger partial charge >= 0.3 is 11.9 Å². The first-order valence-corrected chi connectivity index (χ1v) is 12.2. The second-order valence-electron chi connectivity index (χ2n) is 8.33. The Morgan fingerprint density at radius 1 is 1.18 bits per heavy atom. The van der Waals surface area contributed by atoms with Crippen molar-refractivity contribution in [1.29, 1.82) is 0 Å². The number of benzene rings is 3. The Labute approximate surface area is 222 Å². The molecule has 196 valence electrons. The minimum absolute atomic E-state index is 0.0103. The van der Waals surface area contributed by atoms with E-state index in [2.05, 4.69) is 26.0 Å². The lowest BCUT2D eigenvalue weighted by Gasteiger charge is -2.15. The van der Waals surface area contributed by atoms with Crippen LogP contribution in [0, 0.1) is 10.1 Å². The Hall–Kier alpha value is -4.06. The van der Waals surface area contributed by atoms with Crippen LogP contribution in [0.4, 0.5) is 18.9 Å². The molecule has 8 nitrogen and oxygen atoms in total. The van der Waals surface area contributed by atoms with Crippen molar-refractivity contribution < 1.29 is 22.8 Å². The van der Waals surface area contributed by atoms with Gasteiger partial charge < -0.3 is 4.74 Å². The van der Waals surface area contributed by atoms with Crippen molar-refractivity contribution >= 4 is 38.7 Å². The molecule has 1 atom stereocenters. The fourth-order valence-electron chi connectivity index (χ4n) is 3.62. The first-order chi connectivity index (χ1) is 18.0. The lowest BCUT2D eigenvalue weighted by molar-refractivity contribution is -0.386. The number of hydrogen-bond donors (Lipinski definition) is 0. The first-order valence-electron chi connectivity index (χ1n) is 11.4. The number of nitrogens with zero attached hydrogens (tertiary/aromatic N) is 4. The number of ether oxygens (including phenoxy) is 1. The summed E-state index contributed by atoms with van der Waals surface area (Å²) in [5.74, 6) is -0.191. The van der Waals surface area contributed by atoms with Crippen molar-refractivity contribution in [2.75, 3.05) is 0 Å². The van der Waals surface area contributed by atoms with E-state index in [0.717, 1.165) is 16.8 Å². The smallest absolute Gasteiger partial charge is 0.416 e. The van der Waals surface area contributed by atoms with Crippen molar-refractivity contribution in [1.82, 2.24) is 9.66 Å². The number of halogens is 4. The third kappa shape index (κ3) is 5.59. The maximum atomic E-state index is 13.4. The largest absolute Gasteiger partial charge is 0.483 e. The van der Waals surface area contributed by atoms with Crippen molar-refractivity contribution in [3.8, 4) is 17.1 Å². The Morgan fingerprint density at radius 2 is 1.92 bits per heavy atom. The van der Waals surface area contributed by atoms with Crippen LogP contribution in [0.5, 0.6) is 5.75 Å². The number of rotatable bonds is 7. The average molecular weight is 589 g/mol. The van der Waals surface area contributed by atoms with Gasteiger partial charge in [-0.3, -0.25) is 14.9 Å². The van der Waals surface area contributed by atoms with Gasteiger partial charge in [0, 0.05) is 21.7 Å². The minimum atomic E-state index is -4.61. The summed E-state index contributed by atoms with van der Waals surface area (Å²) in [5, 5.41) is 16.2. The Kier molecular flexibility index (Phi) is 7.63. The monoisotopic (exact) mass is 588 g/mol. The van der Waals surface area contributed by atoms with E-state index in [4.69, 9.17) is 4.74 Å². The molecule has 0 amide bonds. The molecule has 0 radical (unpaired) electrons. The van der Waals surface area contributed by atoms with E-state index in [1.54, 1.807) is 25.1 Å². The molecule has 4 aromatic rings. The quantitative estimate of drug-likeness (QED) is 0.134. The van der Waals surface area contributed by atoms with Gasteiger partial charge in [0.25, 0.3) is 5.56 Å². The molecule has 0 aliphatic carbocycles. The number of para-hydroxylation sites is 1. The van der Waals surface area contributed by atoms with Gasteiger partial charge in [0.2, 0.25) is 5.75 Å². The van der Waals surface area contributed by atoms with Gasteiger partial charge in [-0.15, -0.1) is 0 Å². The predicted molar refractivity (Wildman–Crippen MR) is 141 cm³/mol. The molecule has 1 heterocycles. The SMILES string of the molecule is CC[C@H](C)Oc1c(C=Nn2c(-c3cccc(C(F)(F)F)c3)nc3ccccc3c2=O)cc(Br)cc1[N+](=O)[O-]. The summed E-state index contributed by atoms with van der Waals surface area (Å²) in [7, 11) is 0. The zero-order valence-corrected chi connectivity index (χ0v) is 21.7. The lowest BCUT2D eigenvalue weighted by Crippen LogP contribution is -2.20. The number of fused-ring (bicyclic) bond motifs is 1. The van der Waals surface area contributed by atoms with E-state index in [1.807, 2.05) is 6.92 Å². The van der Waals surface area contributed by atoms with Gasteiger partial charge in [-0.25, -0.2) is 4.98 Å². The van der Waals surface area contributed by atoms with E-state index in [0.29, 0.717) is 10.9 Å². The van der Waals surface area contributed by atoms with E-state index in [-0.39, 0.29) is 45.4 Å².